The molecular weight excluding hydrogens is 713 g/mol. The van der Waals surface area contributed by atoms with Gasteiger partial charge in [-0.05, 0) is 91.4 Å². The van der Waals surface area contributed by atoms with Crippen molar-refractivity contribution in [3.05, 3.63) is 114 Å². The van der Waals surface area contributed by atoms with E-state index in [2.05, 4.69) is 74.8 Å². The molecule has 11 nitrogen and oxygen atoms in total. The largest absolute Gasteiger partial charge is 0.483 e. The first-order valence-electron chi connectivity index (χ1n) is 17.4. The third-order valence-corrected chi connectivity index (χ3v) is 11.3. The van der Waals surface area contributed by atoms with Crippen LogP contribution < -0.4 is 26.8 Å². The average Bonchev–Trinajstić information content (AvgIpc) is 3.13. The lowest BCUT2D eigenvalue weighted by Crippen LogP contribution is -2.27. The minimum atomic E-state index is -0.364. The SMILES string of the molecule is CC1(C)C=Cc2cc(-c3nc(N)nc(Nc4ccccc4SSc4ccccc4Nc4nc(N)nc(-c5ccc6c(c5)C=CC(C)(C)O6)n4)n3)ccc2C1. The summed E-state index contributed by atoms with van der Waals surface area (Å²) in [6, 6.07) is 28.1. The Morgan fingerprint density at radius 2 is 1.15 bits per heavy atom. The molecule has 0 saturated heterocycles. The van der Waals surface area contributed by atoms with Crippen LogP contribution in [0.3, 0.4) is 0 Å². The van der Waals surface area contributed by atoms with Gasteiger partial charge in [-0.3, -0.25) is 0 Å². The zero-order chi connectivity index (χ0) is 37.5. The van der Waals surface area contributed by atoms with E-state index >= 15 is 0 Å². The zero-order valence-corrected chi connectivity index (χ0v) is 31.8. The summed E-state index contributed by atoms with van der Waals surface area (Å²) < 4.78 is 6.09. The van der Waals surface area contributed by atoms with Crippen LogP contribution in [0.25, 0.3) is 34.9 Å². The molecule has 6 N–H and O–H groups in total. The molecule has 0 atom stereocenters. The summed E-state index contributed by atoms with van der Waals surface area (Å²) in [5.41, 5.74) is 18.9. The van der Waals surface area contributed by atoms with Crippen molar-refractivity contribution in [1.82, 2.24) is 29.9 Å². The van der Waals surface area contributed by atoms with E-state index in [0.29, 0.717) is 23.5 Å². The van der Waals surface area contributed by atoms with Gasteiger partial charge in [0, 0.05) is 26.5 Å². The topological polar surface area (TPSA) is 163 Å². The molecule has 54 heavy (non-hydrogen) atoms. The summed E-state index contributed by atoms with van der Waals surface area (Å²) in [6.07, 6.45) is 9.49. The van der Waals surface area contributed by atoms with Gasteiger partial charge in [-0.2, -0.15) is 29.9 Å². The molecule has 8 rings (SSSR count). The summed E-state index contributed by atoms with van der Waals surface area (Å²) in [7, 11) is 3.17. The summed E-state index contributed by atoms with van der Waals surface area (Å²) >= 11 is 0. The molecule has 13 heteroatoms. The van der Waals surface area contributed by atoms with Gasteiger partial charge >= 0.3 is 0 Å². The summed E-state index contributed by atoms with van der Waals surface area (Å²) in [4.78, 5) is 29.1. The van der Waals surface area contributed by atoms with Gasteiger partial charge in [-0.15, -0.1) is 0 Å². The predicted molar refractivity (Wildman–Crippen MR) is 221 cm³/mol. The van der Waals surface area contributed by atoms with Gasteiger partial charge in [0.1, 0.15) is 11.4 Å². The first-order valence-corrected chi connectivity index (χ1v) is 19.6. The highest BCUT2D eigenvalue weighted by Crippen LogP contribution is 2.44. The van der Waals surface area contributed by atoms with Crippen molar-refractivity contribution < 1.29 is 4.74 Å². The van der Waals surface area contributed by atoms with E-state index < -0.39 is 0 Å². The van der Waals surface area contributed by atoms with Crippen molar-refractivity contribution in [2.24, 2.45) is 5.41 Å². The van der Waals surface area contributed by atoms with Crippen LogP contribution in [-0.2, 0) is 6.42 Å². The fraction of sp³-hybridized carbons (Fsp3) is 0.171. The van der Waals surface area contributed by atoms with Crippen LogP contribution in [-0.4, -0.2) is 35.5 Å². The van der Waals surface area contributed by atoms with E-state index in [-0.39, 0.29) is 22.9 Å². The highest BCUT2D eigenvalue weighted by molar-refractivity contribution is 8.76. The van der Waals surface area contributed by atoms with E-state index in [9.17, 15) is 0 Å². The van der Waals surface area contributed by atoms with Gasteiger partial charge in [0.25, 0.3) is 0 Å². The van der Waals surface area contributed by atoms with E-state index in [1.54, 1.807) is 21.6 Å². The van der Waals surface area contributed by atoms with Crippen LogP contribution >= 0.6 is 21.6 Å². The van der Waals surface area contributed by atoms with Crippen LogP contribution in [0.1, 0.15) is 44.4 Å². The number of hydrogen-bond acceptors (Lipinski definition) is 13. The molecule has 0 bridgehead atoms. The molecule has 6 aromatic rings. The fourth-order valence-corrected chi connectivity index (χ4v) is 8.48. The maximum atomic E-state index is 6.20. The molecule has 4 aromatic carbocycles. The summed E-state index contributed by atoms with van der Waals surface area (Å²) in [5, 5.41) is 6.74. The Hall–Kier alpha value is -5.92. The lowest BCUT2D eigenvalue weighted by atomic mass is 9.79. The lowest BCUT2D eigenvalue weighted by Gasteiger charge is -2.27. The lowest BCUT2D eigenvalue weighted by molar-refractivity contribution is 0.159. The van der Waals surface area contributed by atoms with Gasteiger partial charge < -0.3 is 26.8 Å². The summed E-state index contributed by atoms with van der Waals surface area (Å²) in [5.74, 6) is 2.73. The monoisotopic (exact) mass is 750 g/mol. The van der Waals surface area contributed by atoms with E-state index in [1.807, 2.05) is 92.7 Å². The number of fused-ring (bicyclic) bond motifs is 2. The average molecular weight is 751 g/mol. The maximum absolute atomic E-state index is 6.20. The molecule has 2 aliphatic rings. The van der Waals surface area contributed by atoms with Gasteiger partial charge in [0.05, 0.1) is 11.4 Å². The number of aromatic nitrogens is 6. The van der Waals surface area contributed by atoms with Crippen LogP contribution in [0.2, 0.25) is 0 Å². The number of ether oxygens (including phenoxy) is 1. The number of nitrogens with two attached hydrogens (primary N) is 2. The number of para-hydroxylation sites is 2. The minimum Gasteiger partial charge on any atom is -0.483 e. The van der Waals surface area contributed by atoms with E-state index in [0.717, 1.165) is 50.0 Å². The number of nitrogens with zero attached hydrogens (tertiary/aromatic N) is 6. The molecular formula is C41H38N10OS2. The Balaban J connectivity index is 0.991. The Morgan fingerprint density at radius 1 is 0.611 bits per heavy atom. The Bertz CT molecular complexity index is 2290. The molecule has 0 spiro atoms. The third-order valence-electron chi connectivity index (χ3n) is 8.86. The molecule has 1 aliphatic carbocycles. The molecule has 0 fully saturated rings. The predicted octanol–water partition coefficient (Wildman–Crippen LogP) is 9.62. The second-order valence-corrected chi connectivity index (χ2v) is 16.5. The second kappa shape index (κ2) is 14.1. The van der Waals surface area contributed by atoms with E-state index in [4.69, 9.17) is 26.2 Å². The maximum Gasteiger partial charge on any atom is 0.232 e. The Kier molecular flexibility index (Phi) is 9.20. The van der Waals surface area contributed by atoms with Gasteiger partial charge in [-0.1, -0.05) is 90.1 Å². The first-order chi connectivity index (χ1) is 25.9. The highest BCUT2D eigenvalue weighted by atomic mass is 33.1. The quantitative estimate of drug-likeness (QED) is 0.103. The molecule has 0 unspecified atom stereocenters. The molecule has 3 heterocycles. The number of anilines is 6. The Morgan fingerprint density at radius 3 is 1.76 bits per heavy atom. The first kappa shape index (κ1) is 35.1. The van der Waals surface area contributed by atoms with Gasteiger partial charge in [0.15, 0.2) is 11.6 Å². The van der Waals surface area contributed by atoms with Crippen LogP contribution in [0.15, 0.2) is 107 Å². The van der Waals surface area contributed by atoms with Crippen molar-refractivity contribution in [2.45, 2.75) is 49.5 Å². The molecule has 1 aliphatic heterocycles. The fourth-order valence-electron chi connectivity index (χ4n) is 6.20. The molecule has 0 radical (unpaired) electrons. The van der Waals surface area contributed by atoms with Crippen molar-refractivity contribution in [2.75, 3.05) is 22.1 Å². The smallest absolute Gasteiger partial charge is 0.232 e. The van der Waals surface area contributed by atoms with Crippen molar-refractivity contribution >= 4 is 68.9 Å². The van der Waals surface area contributed by atoms with E-state index in [1.165, 1.54) is 11.1 Å². The number of allylic oxidation sites excluding steroid dienone is 1. The van der Waals surface area contributed by atoms with Gasteiger partial charge in [-0.25, -0.2) is 0 Å². The Labute approximate surface area is 321 Å². The molecule has 0 amide bonds. The second-order valence-electron chi connectivity index (χ2n) is 14.3. The molecule has 2 aromatic heterocycles. The van der Waals surface area contributed by atoms with Crippen molar-refractivity contribution in [1.29, 1.82) is 0 Å². The number of benzene rings is 4. The zero-order valence-electron chi connectivity index (χ0n) is 30.2. The van der Waals surface area contributed by atoms with Crippen LogP contribution in [0, 0.1) is 5.41 Å². The molecule has 0 saturated carbocycles. The van der Waals surface area contributed by atoms with Gasteiger partial charge in [0.2, 0.25) is 23.8 Å². The third kappa shape index (κ3) is 7.87. The molecule has 270 valence electrons. The number of nitrogens with one attached hydrogen (secondary N) is 2. The van der Waals surface area contributed by atoms with Crippen LogP contribution in [0.4, 0.5) is 35.2 Å². The number of nitrogen functional groups attached to an aromatic ring is 2. The van der Waals surface area contributed by atoms with Crippen molar-refractivity contribution in [3.8, 4) is 28.5 Å². The number of rotatable bonds is 9. The highest BCUT2D eigenvalue weighted by Gasteiger charge is 2.23. The van der Waals surface area contributed by atoms with Crippen molar-refractivity contribution in [3.63, 3.8) is 0 Å². The number of hydrogen-bond donors (Lipinski definition) is 4. The normalized spacial score (nSPS) is 14.8. The standard InChI is InChI=1S/C41H38N10OS2/c1-40(2)19-17-24-21-26(13-14-28(24)23-40)34-46-36(42)50-38(48-34)44-29-9-5-7-11-32(29)53-54-33-12-8-6-10-30(33)45-39-49-35(47-37(43)51-39)27-15-16-31-25(22-27)18-20-41(3,4)52-31/h5-22H,23H2,1-4H3,(H3,42,44,46,48,50)(H3,43,45,47,49,51). The van der Waals surface area contributed by atoms with Crippen LogP contribution in [0.5, 0.6) is 5.75 Å². The summed E-state index contributed by atoms with van der Waals surface area (Å²) in [6.45, 7) is 8.53. The minimum absolute atomic E-state index is 0.113.